The maximum atomic E-state index is 13.0. The SMILES string of the molecule is CCOc1ccc(Br)cc1C1N(C(C)=O)c2ccccc2-c2c([O-])nc(SC)n[n+]21. The van der Waals surface area contributed by atoms with Gasteiger partial charge in [-0.25, -0.2) is 9.88 Å². The summed E-state index contributed by atoms with van der Waals surface area (Å²) in [6, 6.07) is 12.9. The summed E-state index contributed by atoms with van der Waals surface area (Å²) in [5.74, 6) is 0.0549. The summed E-state index contributed by atoms with van der Waals surface area (Å²) in [6.07, 6.45) is 1.11. The standard InChI is InChI=1S/C21H19BrN4O3S/c1-4-29-17-10-9-13(22)11-15(17)20-25(12(2)27)16-8-6-5-7-14(16)18-19(28)23-21(30-3)24-26(18)20/h5-11,20H,4H2,1-3H3. The molecule has 0 N–H and O–H groups in total. The molecule has 0 aliphatic carbocycles. The number of thioether (sulfide) groups is 1. The van der Waals surface area contributed by atoms with E-state index in [9.17, 15) is 9.90 Å². The fourth-order valence-electron chi connectivity index (χ4n) is 3.65. The number of anilines is 1. The summed E-state index contributed by atoms with van der Waals surface area (Å²) < 4.78 is 8.28. The average molecular weight is 487 g/mol. The number of hydrogen-bond acceptors (Lipinski definition) is 6. The number of nitrogens with zero attached hydrogens (tertiary/aromatic N) is 4. The van der Waals surface area contributed by atoms with Gasteiger partial charge in [0.1, 0.15) is 5.75 Å². The van der Waals surface area contributed by atoms with E-state index in [0.717, 1.165) is 4.47 Å². The highest BCUT2D eigenvalue weighted by atomic mass is 79.9. The predicted octanol–water partition coefficient (Wildman–Crippen LogP) is 3.30. The fourth-order valence-corrected chi connectivity index (χ4v) is 4.37. The molecule has 1 aliphatic heterocycles. The molecule has 1 amide bonds. The van der Waals surface area contributed by atoms with E-state index in [4.69, 9.17) is 4.74 Å². The van der Waals surface area contributed by atoms with Gasteiger partial charge in [-0.3, -0.25) is 4.79 Å². The lowest BCUT2D eigenvalue weighted by Gasteiger charge is -2.33. The largest absolute Gasteiger partial charge is 0.854 e. The Bertz CT molecular complexity index is 1140. The van der Waals surface area contributed by atoms with Crippen molar-refractivity contribution in [1.29, 1.82) is 0 Å². The van der Waals surface area contributed by atoms with Gasteiger partial charge in [-0.05, 0) is 43.5 Å². The molecule has 154 valence electrons. The summed E-state index contributed by atoms with van der Waals surface area (Å²) >= 11 is 4.79. The van der Waals surface area contributed by atoms with Crippen LogP contribution in [0, 0.1) is 0 Å². The van der Waals surface area contributed by atoms with Crippen LogP contribution >= 0.6 is 27.7 Å². The number of para-hydroxylation sites is 1. The molecule has 2 aromatic carbocycles. The van der Waals surface area contributed by atoms with Crippen LogP contribution in [0.2, 0.25) is 0 Å². The van der Waals surface area contributed by atoms with E-state index >= 15 is 0 Å². The number of fused-ring (bicyclic) bond motifs is 3. The molecule has 0 bridgehead atoms. The van der Waals surface area contributed by atoms with E-state index in [1.807, 2.05) is 43.3 Å². The molecule has 3 aromatic rings. The minimum atomic E-state index is -0.701. The van der Waals surface area contributed by atoms with Gasteiger partial charge in [0.05, 0.1) is 29.3 Å². The average Bonchev–Trinajstić information content (AvgIpc) is 2.73. The first-order chi connectivity index (χ1) is 14.5. The zero-order valence-electron chi connectivity index (χ0n) is 16.6. The molecule has 9 heteroatoms. The van der Waals surface area contributed by atoms with Crippen molar-refractivity contribution in [3.8, 4) is 22.9 Å². The van der Waals surface area contributed by atoms with Gasteiger partial charge in [0, 0.05) is 16.5 Å². The number of carbonyl (C=O) groups excluding carboxylic acids is 1. The first-order valence-electron chi connectivity index (χ1n) is 9.32. The molecule has 0 saturated carbocycles. The maximum Gasteiger partial charge on any atom is 0.296 e. The molecular weight excluding hydrogens is 468 g/mol. The Hall–Kier alpha value is -2.65. The Labute approximate surface area is 186 Å². The van der Waals surface area contributed by atoms with Crippen LogP contribution < -0.4 is 19.4 Å². The van der Waals surface area contributed by atoms with Crippen LogP contribution in [0.15, 0.2) is 52.1 Å². The molecule has 1 unspecified atom stereocenters. The second-order valence-electron chi connectivity index (χ2n) is 6.59. The minimum absolute atomic E-state index is 0.176. The number of aromatic nitrogens is 3. The number of carbonyl (C=O) groups is 1. The third-order valence-electron chi connectivity index (χ3n) is 4.79. The van der Waals surface area contributed by atoms with Gasteiger partial charge in [-0.1, -0.05) is 44.5 Å². The molecule has 2 heterocycles. The van der Waals surface area contributed by atoms with Crippen molar-refractivity contribution in [2.75, 3.05) is 17.8 Å². The van der Waals surface area contributed by atoms with E-state index < -0.39 is 6.17 Å². The molecule has 1 aromatic heterocycles. The van der Waals surface area contributed by atoms with Crippen LogP contribution in [0.4, 0.5) is 5.69 Å². The highest BCUT2D eigenvalue weighted by Crippen LogP contribution is 2.42. The number of hydrogen-bond donors (Lipinski definition) is 0. The first-order valence-corrected chi connectivity index (χ1v) is 11.3. The van der Waals surface area contributed by atoms with Crippen molar-refractivity contribution in [3.05, 3.63) is 52.5 Å². The third kappa shape index (κ3) is 3.41. The van der Waals surface area contributed by atoms with Crippen molar-refractivity contribution in [1.82, 2.24) is 10.1 Å². The molecular formula is C21H19BrN4O3S. The van der Waals surface area contributed by atoms with Gasteiger partial charge in [0.2, 0.25) is 5.91 Å². The lowest BCUT2D eigenvalue weighted by molar-refractivity contribution is -0.764. The lowest BCUT2D eigenvalue weighted by Crippen LogP contribution is -2.58. The van der Waals surface area contributed by atoms with E-state index in [0.29, 0.717) is 40.0 Å². The normalized spacial score (nSPS) is 14.8. The Morgan fingerprint density at radius 2 is 2.10 bits per heavy atom. The quantitative estimate of drug-likeness (QED) is 0.415. The zero-order valence-corrected chi connectivity index (χ0v) is 19.0. The van der Waals surface area contributed by atoms with Crippen LogP contribution in [0.25, 0.3) is 11.3 Å². The van der Waals surface area contributed by atoms with Crippen LogP contribution in [-0.4, -0.2) is 28.9 Å². The van der Waals surface area contributed by atoms with Crippen molar-refractivity contribution in [3.63, 3.8) is 0 Å². The van der Waals surface area contributed by atoms with Crippen molar-refractivity contribution < 1.29 is 19.3 Å². The van der Waals surface area contributed by atoms with Gasteiger partial charge in [-0.15, -0.1) is 0 Å². The second-order valence-corrected chi connectivity index (χ2v) is 8.28. The van der Waals surface area contributed by atoms with E-state index in [-0.39, 0.29) is 11.8 Å². The molecule has 1 atom stereocenters. The topological polar surface area (TPSA) is 82.3 Å². The lowest BCUT2D eigenvalue weighted by atomic mass is 10.0. The van der Waals surface area contributed by atoms with Crippen LogP contribution in [0.5, 0.6) is 11.6 Å². The zero-order chi connectivity index (χ0) is 21.4. The molecule has 4 rings (SSSR count). The first kappa shape index (κ1) is 20.6. The highest BCUT2D eigenvalue weighted by Gasteiger charge is 2.45. The van der Waals surface area contributed by atoms with Gasteiger partial charge in [-0.2, -0.15) is 0 Å². The molecule has 0 fully saturated rings. The Morgan fingerprint density at radius 1 is 1.33 bits per heavy atom. The van der Waals surface area contributed by atoms with E-state index in [1.54, 1.807) is 21.9 Å². The molecule has 0 spiro atoms. The number of ether oxygens (including phenoxy) is 1. The Morgan fingerprint density at radius 3 is 2.80 bits per heavy atom. The molecule has 0 radical (unpaired) electrons. The van der Waals surface area contributed by atoms with Crippen LogP contribution in [0.3, 0.4) is 0 Å². The second kappa shape index (κ2) is 8.23. The highest BCUT2D eigenvalue weighted by molar-refractivity contribution is 9.10. The summed E-state index contributed by atoms with van der Waals surface area (Å²) in [7, 11) is 0. The van der Waals surface area contributed by atoms with E-state index in [2.05, 4.69) is 26.0 Å². The number of halogens is 1. The third-order valence-corrected chi connectivity index (χ3v) is 5.82. The van der Waals surface area contributed by atoms with Crippen molar-refractivity contribution in [2.24, 2.45) is 0 Å². The minimum Gasteiger partial charge on any atom is -0.854 e. The summed E-state index contributed by atoms with van der Waals surface area (Å²) in [5.41, 5.74) is 2.31. The number of rotatable bonds is 4. The van der Waals surface area contributed by atoms with Crippen LogP contribution in [0.1, 0.15) is 25.6 Å². The predicted molar refractivity (Wildman–Crippen MR) is 116 cm³/mol. The summed E-state index contributed by atoms with van der Waals surface area (Å²) in [5, 5.41) is 18.0. The monoisotopic (exact) mass is 486 g/mol. The smallest absolute Gasteiger partial charge is 0.296 e. The molecule has 0 saturated heterocycles. The van der Waals surface area contributed by atoms with E-state index in [1.165, 1.54) is 18.7 Å². The van der Waals surface area contributed by atoms with Crippen molar-refractivity contribution in [2.45, 2.75) is 25.2 Å². The Balaban J connectivity index is 2.09. The molecule has 1 aliphatic rings. The maximum absolute atomic E-state index is 13.0. The van der Waals surface area contributed by atoms with Crippen molar-refractivity contribution >= 4 is 39.3 Å². The number of benzene rings is 2. The molecule has 7 nitrogen and oxygen atoms in total. The fraction of sp³-hybridized carbons (Fsp3) is 0.238. The Kier molecular flexibility index (Phi) is 5.66. The number of amides is 1. The van der Waals surface area contributed by atoms with Gasteiger partial charge in [0.15, 0.2) is 0 Å². The summed E-state index contributed by atoms with van der Waals surface area (Å²) in [4.78, 5) is 18.6. The van der Waals surface area contributed by atoms with Gasteiger partial charge >= 0.3 is 0 Å². The van der Waals surface area contributed by atoms with Gasteiger partial charge < -0.3 is 9.84 Å². The summed E-state index contributed by atoms with van der Waals surface area (Å²) in [6.45, 7) is 3.86. The van der Waals surface area contributed by atoms with Gasteiger partial charge in [0.25, 0.3) is 17.0 Å². The van der Waals surface area contributed by atoms with Crippen LogP contribution in [-0.2, 0) is 4.79 Å². The molecule has 30 heavy (non-hydrogen) atoms.